The molecule has 9 aromatic rings. The van der Waals surface area contributed by atoms with Crippen molar-refractivity contribution in [1.29, 1.82) is 0 Å². The fraction of sp³-hybridized carbons (Fsp3) is 0.208. The summed E-state index contributed by atoms with van der Waals surface area (Å²) in [6.45, 7) is 1.66. The summed E-state index contributed by atoms with van der Waals surface area (Å²) >= 11 is 0. The van der Waals surface area contributed by atoms with E-state index in [4.69, 9.17) is 14.2 Å². The van der Waals surface area contributed by atoms with Crippen LogP contribution in [0, 0.1) is 17.5 Å². The standard InChI is InChI=1S/C72H71F3N3O9P3/c1-2-72(85-51-21-48-76(60-42-36-57(73)37-43-60)69(79)54-88(82,63-24-9-3-10-25-63)64-26-11-4-12-27-64,86-52-22-49-77(61-44-38-58(74)39-45-61)70(80)55-89(83,65-28-13-5-14-29-65)66-30-15-6-16-31-66)87-53-23-50-78(62-46-40-59(75)41-47-62)71(81)56-90(84,67-32-17-7-18-33-67)68-34-19-8-20-35-68/h3-20,24-47H,2,21-23,48-56H2,1H3. The highest BCUT2D eigenvalue weighted by molar-refractivity contribution is 7.80. The van der Waals surface area contributed by atoms with Crippen molar-refractivity contribution in [3.63, 3.8) is 0 Å². The highest BCUT2D eigenvalue weighted by atomic mass is 31.2. The van der Waals surface area contributed by atoms with Crippen molar-refractivity contribution in [2.45, 2.75) is 38.6 Å². The summed E-state index contributed by atoms with van der Waals surface area (Å²) in [7, 11) is -10.7. The van der Waals surface area contributed by atoms with Gasteiger partial charge in [-0.2, -0.15) is 0 Å². The first-order chi connectivity index (χ1) is 43.6. The van der Waals surface area contributed by atoms with E-state index in [-0.39, 0.29) is 83.6 Å². The molecule has 0 fully saturated rings. The van der Waals surface area contributed by atoms with E-state index < -0.39 is 62.6 Å². The largest absolute Gasteiger partial charge is 0.327 e. The normalized spacial score (nSPS) is 11.9. The van der Waals surface area contributed by atoms with E-state index >= 15 is 13.7 Å². The number of ether oxygens (including phenoxy) is 3. The average Bonchev–Trinajstić information content (AvgIpc) is 0.868. The molecule has 0 atom stereocenters. The number of nitrogens with zero attached hydrogens (tertiary/aromatic N) is 3. The molecule has 12 nitrogen and oxygen atoms in total. The van der Waals surface area contributed by atoms with Crippen LogP contribution in [-0.2, 0) is 42.3 Å². The van der Waals surface area contributed by atoms with Crippen LogP contribution >= 0.6 is 21.4 Å². The molecule has 464 valence electrons. The Balaban J connectivity index is 0.963. The van der Waals surface area contributed by atoms with E-state index in [1.807, 2.05) is 36.4 Å². The minimum atomic E-state index is -3.56. The molecular weight excluding hydrogens is 1200 g/mol. The number of carbonyl (C=O) groups excluding carboxylic acids is 3. The third kappa shape index (κ3) is 16.8. The van der Waals surface area contributed by atoms with Crippen LogP contribution in [0.2, 0.25) is 0 Å². The van der Waals surface area contributed by atoms with Gasteiger partial charge in [0.2, 0.25) is 17.7 Å². The molecule has 0 unspecified atom stereocenters. The molecule has 9 rings (SSSR count). The molecule has 0 bridgehead atoms. The summed E-state index contributed by atoms with van der Waals surface area (Å²) in [5.41, 5.74) is 1.12. The maximum atomic E-state index is 15.2. The summed E-state index contributed by atoms with van der Waals surface area (Å²) < 4.78 is 109. The number of halogens is 3. The van der Waals surface area contributed by atoms with Gasteiger partial charge in [0.05, 0.1) is 38.3 Å². The first-order valence-corrected chi connectivity index (χ1v) is 35.5. The minimum Gasteiger partial charge on any atom is -0.327 e. The first kappa shape index (κ1) is 66.2. The molecule has 0 radical (unpaired) electrons. The molecule has 0 saturated carbocycles. The topological polar surface area (TPSA) is 140 Å². The summed E-state index contributed by atoms with van der Waals surface area (Å²) in [5.74, 6) is -4.73. The Bertz CT molecular complexity index is 3370. The smallest absolute Gasteiger partial charge is 0.282 e. The predicted molar refractivity (Wildman–Crippen MR) is 355 cm³/mol. The van der Waals surface area contributed by atoms with Crippen LogP contribution in [0.4, 0.5) is 30.2 Å². The van der Waals surface area contributed by atoms with Crippen LogP contribution in [0.1, 0.15) is 32.6 Å². The fourth-order valence-electron chi connectivity index (χ4n) is 10.7. The average molecular weight is 1270 g/mol. The van der Waals surface area contributed by atoms with Crippen LogP contribution < -0.4 is 46.5 Å². The van der Waals surface area contributed by atoms with Gasteiger partial charge in [-0.1, -0.05) is 189 Å². The number of anilines is 3. The second kappa shape index (κ2) is 31.5. The molecule has 0 aliphatic carbocycles. The van der Waals surface area contributed by atoms with Crippen molar-refractivity contribution in [2.75, 3.05) is 72.6 Å². The van der Waals surface area contributed by atoms with Gasteiger partial charge in [0, 0.05) is 74.9 Å². The van der Waals surface area contributed by atoms with Gasteiger partial charge in [-0.15, -0.1) is 0 Å². The van der Waals surface area contributed by atoms with E-state index in [1.165, 1.54) is 87.5 Å². The van der Waals surface area contributed by atoms with Crippen LogP contribution in [0.5, 0.6) is 0 Å². The lowest BCUT2D eigenvalue weighted by Crippen LogP contribution is -2.42. The number of rotatable bonds is 31. The molecule has 0 heterocycles. The van der Waals surface area contributed by atoms with E-state index in [2.05, 4.69) is 0 Å². The highest BCUT2D eigenvalue weighted by Gasteiger charge is 2.37. The Kier molecular flexibility index (Phi) is 23.1. The third-order valence-electron chi connectivity index (χ3n) is 15.4. The van der Waals surface area contributed by atoms with Gasteiger partial charge in [-0.3, -0.25) is 14.4 Å². The lowest BCUT2D eigenvalue weighted by molar-refractivity contribution is -0.381. The second-order valence-electron chi connectivity index (χ2n) is 21.4. The Morgan fingerprint density at radius 3 is 0.722 bits per heavy atom. The van der Waals surface area contributed by atoms with Gasteiger partial charge >= 0.3 is 0 Å². The third-order valence-corrected chi connectivity index (χ3v) is 24.3. The second-order valence-corrected chi connectivity index (χ2v) is 29.9. The quantitative estimate of drug-likeness (QED) is 0.0236. The molecule has 0 aliphatic heterocycles. The van der Waals surface area contributed by atoms with Crippen LogP contribution in [0.3, 0.4) is 0 Å². The maximum Gasteiger partial charge on any atom is 0.282 e. The molecule has 9 aromatic carbocycles. The van der Waals surface area contributed by atoms with Crippen molar-refractivity contribution in [1.82, 2.24) is 0 Å². The van der Waals surface area contributed by atoms with Crippen LogP contribution in [0.15, 0.2) is 255 Å². The minimum absolute atomic E-state index is 0.0307. The van der Waals surface area contributed by atoms with Crippen molar-refractivity contribution in [3.05, 3.63) is 272 Å². The summed E-state index contributed by atoms with van der Waals surface area (Å²) in [6.07, 6.45) is -0.499. The van der Waals surface area contributed by atoms with Gasteiger partial charge in [-0.25, -0.2) is 13.2 Å². The first-order valence-electron chi connectivity index (χ1n) is 29.8. The van der Waals surface area contributed by atoms with Gasteiger partial charge in [0.1, 0.15) is 17.5 Å². The lowest BCUT2D eigenvalue weighted by Gasteiger charge is -2.34. The molecule has 0 saturated heterocycles. The fourth-order valence-corrected chi connectivity index (χ4v) is 18.2. The molecule has 90 heavy (non-hydrogen) atoms. The molecule has 0 aliphatic rings. The number of benzene rings is 9. The molecular formula is C72H71F3N3O9P3. The summed E-state index contributed by atoms with van der Waals surface area (Å²) in [4.78, 5) is 48.5. The predicted octanol–water partition coefficient (Wildman–Crippen LogP) is 12.8. The summed E-state index contributed by atoms with van der Waals surface area (Å²) in [6, 6.07) is 69.4. The van der Waals surface area contributed by atoms with Gasteiger partial charge < -0.3 is 42.6 Å². The SMILES string of the molecule is CCC(OCCCN(C(=O)CP(=O)(c1ccccc1)c1ccccc1)c1ccc(F)cc1)(OCCCN(C(=O)CP(=O)(c1ccccc1)c1ccccc1)c1ccc(F)cc1)OCCCN(C(=O)CP(=O)(c1ccccc1)c1ccccc1)c1ccc(F)cc1. The number of carbonyl (C=O) groups is 3. The lowest BCUT2D eigenvalue weighted by atomic mass is 10.2. The van der Waals surface area contributed by atoms with Crippen LogP contribution in [-0.4, -0.2) is 81.6 Å². The molecule has 0 spiro atoms. The Hall–Kier alpha value is -8.25. The van der Waals surface area contributed by atoms with E-state index in [9.17, 15) is 27.6 Å². The number of hydrogen-bond donors (Lipinski definition) is 0. The van der Waals surface area contributed by atoms with E-state index in [0.717, 1.165) is 0 Å². The van der Waals surface area contributed by atoms with E-state index in [1.54, 1.807) is 153 Å². The molecule has 0 aromatic heterocycles. The highest BCUT2D eigenvalue weighted by Crippen LogP contribution is 2.46. The van der Waals surface area contributed by atoms with Gasteiger partial charge in [-0.05, 0) is 92.1 Å². The van der Waals surface area contributed by atoms with Crippen molar-refractivity contribution in [2.24, 2.45) is 0 Å². The summed E-state index contributed by atoms with van der Waals surface area (Å²) in [5, 5.41) is 3.02. The van der Waals surface area contributed by atoms with E-state index in [0.29, 0.717) is 48.9 Å². The number of amides is 3. The zero-order chi connectivity index (χ0) is 63.4. The molecule has 0 N–H and O–H groups in total. The van der Waals surface area contributed by atoms with Crippen molar-refractivity contribution >= 4 is 88.0 Å². The van der Waals surface area contributed by atoms with Gasteiger partial charge in [0.25, 0.3) is 5.97 Å². The zero-order valence-electron chi connectivity index (χ0n) is 49.9. The molecule has 18 heteroatoms. The Labute approximate surface area is 524 Å². The number of hydrogen-bond acceptors (Lipinski definition) is 9. The Morgan fingerprint density at radius 1 is 0.333 bits per heavy atom. The van der Waals surface area contributed by atoms with Crippen molar-refractivity contribution in [3.8, 4) is 0 Å². The van der Waals surface area contributed by atoms with Crippen molar-refractivity contribution < 1.29 is 55.5 Å². The van der Waals surface area contributed by atoms with Crippen LogP contribution in [0.25, 0.3) is 0 Å². The Morgan fingerprint density at radius 2 is 0.533 bits per heavy atom. The monoisotopic (exact) mass is 1270 g/mol. The zero-order valence-corrected chi connectivity index (χ0v) is 52.6. The maximum absolute atomic E-state index is 15.2. The molecule has 3 amide bonds. The van der Waals surface area contributed by atoms with Gasteiger partial charge in [0.15, 0.2) is 21.4 Å².